The minimum Gasteiger partial charge on any atom is -0.371 e. The molecule has 2 fully saturated rings. The molecule has 0 aliphatic carbocycles. The fourth-order valence-electron chi connectivity index (χ4n) is 3.36. The largest absolute Gasteiger partial charge is 0.371 e. The number of nitrogens with zero attached hydrogens (tertiary/aromatic N) is 1. The molecule has 2 heterocycles. The van der Waals surface area contributed by atoms with Gasteiger partial charge in [0.1, 0.15) is 0 Å². The standard InChI is InChI=1S/C17H26N2O/c1-3-14(18)9-13-4-5-15(8-12(13)2)19-10-16-6-7-17(11-19)20-16/h4-5,8,14,16-17H,3,6-7,9-11,18H2,1-2H3. The lowest BCUT2D eigenvalue weighted by Gasteiger charge is -2.34. The molecule has 2 aliphatic rings. The zero-order valence-electron chi connectivity index (χ0n) is 12.6. The number of benzene rings is 1. The Morgan fingerprint density at radius 2 is 2.00 bits per heavy atom. The minimum absolute atomic E-state index is 0.277. The van der Waals surface area contributed by atoms with Crippen LogP contribution in [0.1, 0.15) is 37.3 Å². The summed E-state index contributed by atoms with van der Waals surface area (Å²) >= 11 is 0. The van der Waals surface area contributed by atoms with Gasteiger partial charge in [0.05, 0.1) is 12.2 Å². The summed E-state index contributed by atoms with van der Waals surface area (Å²) in [5.41, 5.74) is 10.2. The van der Waals surface area contributed by atoms with Gasteiger partial charge in [0.25, 0.3) is 0 Å². The topological polar surface area (TPSA) is 38.5 Å². The van der Waals surface area contributed by atoms with Gasteiger partial charge in [-0.05, 0) is 55.9 Å². The van der Waals surface area contributed by atoms with Crippen molar-refractivity contribution in [1.82, 2.24) is 0 Å². The van der Waals surface area contributed by atoms with E-state index in [2.05, 4.69) is 36.9 Å². The summed E-state index contributed by atoms with van der Waals surface area (Å²) in [6.07, 6.45) is 5.36. The summed E-state index contributed by atoms with van der Waals surface area (Å²) in [6.45, 7) is 6.45. The van der Waals surface area contributed by atoms with Gasteiger partial charge in [-0.1, -0.05) is 13.0 Å². The lowest BCUT2D eigenvalue weighted by Crippen LogP contribution is -2.42. The van der Waals surface area contributed by atoms with Crippen molar-refractivity contribution in [2.75, 3.05) is 18.0 Å². The molecule has 0 radical (unpaired) electrons. The van der Waals surface area contributed by atoms with Crippen molar-refractivity contribution in [3.63, 3.8) is 0 Å². The third-order valence-electron chi connectivity index (χ3n) is 4.74. The Bertz CT molecular complexity index is 462. The molecule has 3 rings (SSSR count). The van der Waals surface area contributed by atoms with Crippen molar-refractivity contribution in [3.8, 4) is 0 Å². The summed E-state index contributed by atoms with van der Waals surface area (Å²) in [6, 6.07) is 7.12. The summed E-state index contributed by atoms with van der Waals surface area (Å²) in [5, 5.41) is 0. The third kappa shape index (κ3) is 2.84. The van der Waals surface area contributed by atoms with E-state index >= 15 is 0 Å². The van der Waals surface area contributed by atoms with Gasteiger partial charge in [-0.15, -0.1) is 0 Å². The van der Waals surface area contributed by atoms with E-state index in [1.54, 1.807) is 0 Å². The Morgan fingerprint density at radius 1 is 1.30 bits per heavy atom. The molecule has 110 valence electrons. The Labute approximate surface area is 122 Å². The van der Waals surface area contributed by atoms with Crippen molar-refractivity contribution in [2.24, 2.45) is 5.73 Å². The molecular formula is C17H26N2O. The summed E-state index contributed by atoms with van der Waals surface area (Å²) < 4.78 is 5.91. The normalized spacial score (nSPS) is 26.9. The van der Waals surface area contributed by atoms with Crippen molar-refractivity contribution >= 4 is 5.69 Å². The van der Waals surface area contributed by atoms with Crippen LogP contribution in [0.25, 0.3) is 0 Å². The molecule has 0 amide bonds. The van der Waals surface area contributed by atoms with Gasteiger partial charge in [-0.25, -0.2) is 0 Å². The highest BCUT2D eigenvalue weighted by Gasteiger charge is 2.33. The molecule has 1 aromatic rings. The summed E-state index contributed by atoms with van der Waals surface area (Å²) in [7, 11) is 0. The van der Waals surface area contributed by atoms with E-state index in [1.807, 2.05) is 0 Å². The van der Waals surface area contributed by atoms with Gasteiger partial charge in [-0.2, -0.15) is 0 Å². The number of hydrogen-bond donors (Lipinski definition) is 1. The number of fused-ring (bicyclic) bond motifs is 2. The van der Waals surface area contributed by atoms with Crippen molar-refractivity contribution in [3.05, 3.63) is 29.3 Å². The molecule has 1 aromatic carbocycles. The second kappa shape index (κ2) is 5.74. The van der Waals surface area contributed by atoms with Crippen LogP contribution < -0.4 is 10.6 Å². The quantitative estimate of drug-likeness (QED) is 0.917. The maximum atomic E-state index is 6.07. The average Bonchev–Trinajstić information content (AvgIpc) is 2.79. The number of morpholine rings is 1. The molecule has 3 heteroatoms. The number of anilines is 1. The van der Waals surface area contributed by atoms with E-state index in [-0.39, 0.29) is 6.04 Å². The number of hydrogen-bond acceptors (Lipinski definition) is 3. The van der Waals surface area contributed by atoms with E-state index in [4.69, 9.17) is 10.5 Å². The molecule has 0 aromatic heterocycles. The first-order valence-electron chi connectivity index (χ1n) is 7.91. The van der Waals surface area contributed by atoms with Gasteiger partial charge in [0, 0.05) is 24.8 Å². The number of aryl methyl sites for hydroxylation is 1. The van der Waals surface area contributed by atoms with E-state index in [1.165, 1.54) is 29.7 Å². The van der Waals surface area contributed by atoms with Gasteiger partial charge in [0.15, 0.2) is 0 Å². The predicted molar refractivity (Wildman–Crippen MR) is 83.3 cm³/mol. The van der Waals surface area contributed by atoms with Gasteiger partial charge >= 0.3 is 0 Å². The maximum Gasteiger partial charge on any atom is 0.0755 e. The smallest absolute Gasteiger partial charge is 0.0755 e. The Morgan fingerprint density at radius 3 is 2.60 bits per heavy atom. The van der Waals surface area contributed by atoms with E-state index in [9.17, 15) is 0 Å². The zero-order chi connectivity index (χ0) is 14.1. The molecule has 2 saturated heterocycles. The molecule has 3 atom stereocenters. The minimum atomic E-state index is 0.277. The molecule has 2 bridgehead atoms. The van der Waals surface area contributed by atoms with Crippen LogP contribution in [0.15, 0.2) is 18.2 Å². The fraction of sp³-hybridized carbons (Fsp3) is 0.647. The molecular weight excluding hydrogens is 248 g/mol. The van der Waals surface area contributed by atoms with Crippen LogP contribution >= 0.6 is 0 Å². The first-order chi connectivity index (χ1) is 9.65. The van der Waals surface area contributed by atoms with E-state index in [0.717, 1.165) is 25.9 Å². The highest BCUT2D eigenvalue weighted by molar-refractivity contribution is 5.51. The Hall–Kier alpha value is -1.06. The maximum absolute atomic E-state index is 6.07. The number of rotatable bonds is 4. The third-order valence-corrected chi connectivity index (χ3v) is 4.74. The van der Waals surface area contributed by atoms with Crippen LogP contribution in [0.4, 0.5) is 5.69 Å². The monoisotopic (exact) mass is 274 g/mol. The lowest BCUT2D eigenvalue weighted by atomic mass is 9.99. The highest BCUT2D eigenvalue weighted by Crippen LogP contribution is 2.30. The number of ether oxygens (including phenoxy) is 1. The molecule has 20 heavy (non-hydrogen) atoms. The predicted octanol–water partition coefficient (Wildman–Crippen LogP) is 2.64. The second-order valence-electron chi connectivity index (χ2n) is 6.35. The van der Waals surface area contributed by atoms with Crippen LogP contribution in [0.3, 0.4) is 0 Å². The van der Waals surface area contributed by atoms with Crippen LogP contribution in [-0.4, -0.2) is 31.3 Å². The SMILES string of the molecule is CCC(N)Cc1ccc(N2CC3CCC(C2)O3)cc1C. The van der Waals surface area contributed by atoms with Crippen LogP contribution in [-0.2, 0) is 11.2 Å². The molecule has 2 aliphatic heterocycles. The molecule has 0 spiro atoms. The zero-order valence-corrected chi connectivity index (χ0v) is 12.6. The fourth-order valence-corrected chi connectivity index (χ4v) is 3.36. The van der Waals surface area contributed by atoms with Crippen LogP contribution in [0.5, 0.6) is 0 Å². The van der Waals surface area contributed by atoms with Crippen molar-refractivity contribution in [1.29, 1.82) is 0 Å². The summed E-state index contributed by atoms with van der Waals surface area (Å²) in [5.74, 6) is 0. The molecule has 3 unspecified atom stereocenters. The molecule has 3 nitrogen and oxygen atoms in total. The lowest BCUT2D eigenvalue weighted by molar-refractivity contribution is 0.0305. The Kier molecular flexibility index (Phi) is 3.99. The summed E-state index contributed by atoms with van der Waals surface area (Å²) in [4.78, 5) is 2.49. The average molecular weight is 274 g/mol. The first-order valence-corrected chi connectivity index (χ1v) is 7.91. The van der Waals surface area contributed by atoms with Crippen LogP contribution in [0, 0.1) is 6.92 Å². The van der Waals surface area contributed by atoms with Gasteiger partial charge in [-0.3, -0.25) is 0 Å². The van der Waals surface area contributed by atoms with E-state index in [0.29, 0.717) is 12.2 Å². The first kappa shape index (κ1) is 13.9. The van der Waals surface area contributed by atoms with E-state index < -0.39 is 0 Å². The van der Waals surface area contributed by atoms with Gasteiger partial charge in [0.2, 0.25) is 0 Å². The van der Waals surface area contributed by atoms with Gasteiger partial charge < -0.3 is 15.4 Å². The van der Waals surface area contributed by atoms with Crippen LogP contribution in [0.2, 0.25) is 0 Å². The highest BCUT2D eigenvalue weighted by atomic mass is 16.5. The molecule has 0 saturated carbocycles. The second-order valence-corrected chi connectivity index (χ2v) is 6.35. The Balaban J connectivity index is 1.73. The molecule has 2 N–H and O–H groups in total. The number of nitrogens with two attached hydrogens (primary N) is 1. The van der Waals surface area contributed by atoms with Crippen molar-refractivity contribution < 1.29 is 4.74 Å². The van der Waals surface area contributed by atoms with Crippen molar-refractivity contribution in [2.45, 2.75) is 57.8 Å².